The third-order valence-corrected chi connectivity index (χ3v) is 4.33. The molecule has 1 aliphatic carbocycles. The maximum atomic E-state index is 12.2. The summed E-state index contributed by atoms with van der Waals surface area (Å²) in [5, 5.41) is 12.6. The Hall–Kier alpha value is -1.75. The number of amides is 1. The number of hydrogen-bond acceptors (Lipinski definition) is 4. The molecule has 108 valence electrons. The van der Waals surface area contributed by atoms with Crippen molar-refractivity contribution in [3.05, 3.63) is 24.3 Å². The molecule has 1 heterocycles. The monoisotopic (exact) mass is 277 g/mol. The van der Waals surface area contributed by atoms with Crippen LogP contribution in [0.4, 0.5) is 0 Å². The van der Waals surface area contributed by atoms with Crippen molar-refractivity contribution in [3.8, 4) is 11.5 Å². The van der Waals surface area contributed by atoms with Gasteiger partial charge in [0.1, 0.15) is 6.61 Å². The minimum atomic E-state index is -0.640. The normalized spacial score (nSPS) is 30.2. The van der Waals surface area contributed by atoms with E-state index in [2.05, 4.69) is 5.32 Å². The maximum Gasteiger partial charge on any atom is 0.264 e. The van der Waals surface area contributed by atoms with E-state index < -0.39 is 6.10 Å². The molecule has 3 unspecified atom stereocenters. The Balaban J connectivity index is 1.63. The first-order chi connectivity index (χ1) is 9.48. The second-order valence-electron chi connectivity index (χ2n) is 6.00. The van der Waals surface area contributed by atoms with Gasteiger partial charge < -0.3 is 19.9 Å². The number of rotatable bonds is 2. The van der Waals surface area contributed by atoms with Gasteiger partial charge in [-0.15, -0.1) is 0 Å². The van der Waals surface area contributed by atoms with Crippen molar-refractivity contribution in [2.24, 2.45) is 5.41 Å². The summed E-state index contributed by atoms with van der Waals surface area (Å²) in [6, 6.07) is 7.28. The molecule has 3 rings (SSSR count). The molecule has 5 heteroatoms. The van der Waals surface area contributed by atoms with Gasteiger partial charge in [0.2, 0.25) is 6.10 Å². The molecule has 2 aliphatic rings. The first kappa shape index (κ1) is 13.2. The van der Waals surface area contributed by atoms with Crippen LogP contribution in [0.5, 0.6) is 11.5 Å². The summed E-state index contributed by atoms with van der Waals surface area (Å²) in [6.07, 6.45) is -0.418. The minimum absolute atomic E-state index is 0.0224. The minimum Gasteiger partial charge on any atom is -0.485 e. The second-order valence-corrected chi connectivity index (χ2v) is 6.00. The zero-order valence-corrected chi connectivity index (χ0v) is 11.6. The number of aliphatic hydroxyl groups excluding tert-OH is 1. The molecule has 3 atom stereocenters. The molecule has 1 aromatic carbocycles. The number of carbonyl (C=O) groups is 1. The van der Waals surface area contributed by atoms with E-state index in [-0.39, 0.29) is 30.1 Å². The number of fused-ring (bicyclic) bond motifs is 1. The highest BCUT2D eigenvalue weighted by atomic mass is 16.6. The van der Waals surface area contributed by atoms with E-state index in [1.807, 2.05) is 32.0 Å². The number of carbonyl (C=O) groups excluding carboxylic acids is 1. The van der Waals surface area contributed by atoms with Crippen LogP contribution in [0.3, 0.4) is 0 Å². The van der Waals surface area contributed by atoms with Gasteiger partial charge in [0.25, 0.3) is 5.91 Å². The highest BCUT2D eigenvalue weighted by Crippen LogP contribution is 2.40. The summed E-state index contributed by atoms with van der Waals surface area (Å²) in [5.74, 6) is 1.06. The third-order valence-electron chi connectivity index (χ3n) is 4.33. The molecule has 1 aromatic rings. The predicted molar refractivity (Wildman–Crippen MR) is 72.7 cm³/mol. The summed E-state index contributed by atoms with van der Waals surface area (Å²) >= 11 is 0. The zero-order chi connectivity index (χ0) is 14.3. The van der Waals surface area contributed by atoms with Crippen molar-refractivity contribution in [1.29, 1.82) is 0 Å². The van der Waals surface area contributed by atoms with Crippen molar-refractivity contribution >= 4 is 5.91 Å². The smallest absolute Gasteiger partial charge is 0.264 e. The van der Waals surface area contributed by atoms with Crippen LogP contribution in [0.25, 0.3) is 0 Å². The van der Waals surface area contributed by atoms with Crippen molar-refractivity contribution in [1.82, 2.24) is 5.32 Å². The summed E-state index contributed by atoms with van der Waals surface area (Å²) < 4.78 is 11.2. The summed E-state index contributed by atoms with van der Waals surface area (Å²) in [4.78, 5) is 12.2. The van der Waals surface area contributed by atoms with E-state index in [4.69, 9.17) is 9.47 Å². The van der Waals surface area contributed by atoms with Gasteiger partial charge in [-0.3, -0.25) is 4.79 Å². The standard InChI is InChI=1S/C15H19NO4/c1-15(2)12(7-13(15)17)16-14(18)11-8-19-9-5-3-4-6-10(9)20-11/h3-6,11-13,17H,7-8H2,1-2H3,(H,16,18). The Morgan fingerprint density at radius 2 is 2.05 bits per heavy atom. The molecule has 1 amide bonds. The number of para-hydroxylation sites is 2. The van der Waals surface area contributed by atoms with Crippen LogP contribution in [0, 0.1) is 5.41 Å². The van der Waals surface area contributed by atoms with Crippen LogP contribution in [0.15, 0.2) is 24.3 Å². The second kappa shape index (κ2) is 4.66. The van der Waals surface area contributed by atoms with Gasteiger partial charge in [-0.25, -0.2) is 0 Å². The highest BCUT2D eigenvalue weighted by Gasteiger charge is 2.48. The van der Waals surface area contributed by atoms with Crippen molar-refractivity contribution < 1.29 is 19.4 Å². The molecule has 0 aromatic heterocycles. The molecular formula is C15H19NO4. The summed E-state index contributed by atoms with van der Waals surface area (Å²) in [7, 11) is 0. The lowest BCUT2D eigenvalue weighted by atomic mass is 9.64. The van der Waals surface area contributed by atoms with Crippen LogP contribution in [-0.4, -0.2) is 35.9 Å². The lowest BCUT2D eigenvalue weighted by Crippen LogP contribution is -2.63. The fraction of sp³-hybridized carbons (Fsp3) is 0.533. The molecular weight excluding hydrogens is 258 g/mol. The third kappa shape index (κ3) is 2.12. The van der Waals surface area contributed by atoms with Gasteiger partial charge in [0.05, 0.1) is 6.10 Å². The van der Waals surface area contributed by atoms with Gasteiger partial charge in [0, 0.05) is 11.5 Å². The van der Waals surface area contributed by atoms with Crippen molar-refractivity contribution in [3.63, 3.8) is 0 Å². The zero-order valence-electron chi connectivity index (χ0n) is 11.6. The molecule has 1 fully saturated rings. The Labute approximate surface area is 117 Å². The number of hydrogen-bond donors (Lipinski definition) is 2. The van der Waals surface area contributed by atoms with E-state index in [0.29, 0.717) is 17.9 Å². The van der Waals surface area contributed by atoms with Gasteiger partial charge in [-0.1, -0.05) is 26.0 Å². The SMILES string of the molecule is CC1(C)C(O)CC1NC(=O)C1COc2ccccc2O1. The first-order valence-electron chi connectivity index (χ1n) is 6.85. The fourth-order valence-corrected chi connectivity index (χ4v) is 2.56. The van der Waals surface area contributed by atoms with Gasteiger partial charge in [-0.05, 0) is 18.6 Å². The molecule has 1 saturated carbocycles. The Morgan fingerprint density at radius 1 is 1.35 bits per heavy atom. The number of nitrogens with one attached hydrogen (secondary N) is 1. The Morgan fingerprint density at radius 3 is 2.70 bits per heavy atom. The highest BCUT2D eigenvalue weighted by molar-refractivity contribution is 5.82. The van der Waals surface area contributed by atoms with E-state index in [0.717, 1.165) is 0 Å². The molecule has 0 bridgehead atoms. The van der Waals surface area contributed by atoms with E-state index in [9.17, 15) is 9.90 Å². The quantitative estimate of drug-likeness (QED) is 0.849. The van der Waals surface area contributed by atoms with E-state index in [1.54, 1.807) is 6.07 Å². The maximum absolute atomic E-state index is 12.2. The largest absolute Gasteiger partial charge is 0.485 e. The van der Waals surface area contributed by atoms with Crippen LogP contribution >= 0.6 is 0 Å². The molecule has 0 saturated heterocycles. The Bertz CT molecular complexity index is 528. The molecule has 0 radical (unpaired) electrons. The average Bonchev–Trinajstić information content (AvgIpc) is 2.46. The van der Waals surface area contributed by atoms with Crippen LogP contribution in [0.1, 0.15) is 20.3 Å². The number of ether oxygens (including phenoxy) is 2. The lowest BCUT2D eigenvalue weighted by molar-refractivity contribution is -0.138. The van der Waals surface area contributed by atoms with Crippen molar-refractivity contribution in [2.75, 3.05) is 6.61 Å². The van der Waals surface area contributed by atoms with Gasteiger partial charge >= 0.3 is 0 Å². The number of aliphatic hydroxyl groups is 1. The van der Waals surface area contributed by atoms with Crippen LogP contribution in [-0.2, 0) is 4.79 Å². The fourth-order valence-electron chi connectivity index (χ4n) is 2.56. The topological polar surface area (TPSA) is 67.8 Å². The lowest BCUT2D eigenvalue weighted by Gasteiger charge is -2.49. The summed E-state index contributed by atoms with van der Waals surface area (Å²) in [5.41, 5.74) is -0.289. The molecule has 1 aliphatic heterocycles. The summed E-state index contributed by atoms with van der Waals surface area (Å²) in [6.45, 7) is 4.10. The molecule has 20 heavy (non-hydrogen) atoms. The number of benzene rings is 1. The first-order valence-corrected chi connectivity index (χ1v) is 6.85. The molecule has 5 nitrogen and oxygen atoms in total. The van der Waals surface area contributed by atoms with Crippen LogP contribution < -0.4 is 14.8 Å². The molecule has 0 spiro atoms. The van der Waals surface area contributed by atoms with E-state index >= 15 is 0 Å². The van der Waals surface area contributed by atoms with Crippen molar-refractivity contribution in [2.45, 2.75) is 38.5 Å². The van der Waals surface area contributed by atoms with E-state index in [1.165, 1.54) is 0 Å². The van der Waals surface area contributed by atoms with Gasteiger partial charge in [-0.2, -0.15) is 0 Å². The average molecular weight is 277 g/mol. The van der Waals surface area contributed by atoms with Crippen LogP contribution in [0.2, 0.25) is 0 Å². The van der Waals surface area contributed by atoms with Gasteiger partial charge in [0.15, 0.2) is 11.5 Å². The Kier molecular flexibility index (Phi) is 3.09. The predicted octanol–water partition coefficient (Wildman–Crippen LogP) is 1.10. The molecule has 2 N–H and O–H groups in total.